The average molecular weight is 409 g/mol. The summed E-state index contributed by atoms with van der Waals surface area (Å²) in [5, 5.41) is 10.4. The first-order chi connectivity index (χ1) is 14.4. The van der Waals surface area contributed by atoms with E-state index in [2.05, 4.69) is 51.6 Å². The highest BCUT2D eigenvalue weighted by Gasteiger charge is 2.18. The van der Waals surface area contributed by atoms with E-state index < -0.39 is 11.5 Å². The fourth-order valence-corrected chi connectivity index (χ4v) is 4.22. The van der Waals surface area contributed by atoms with Crippen molar-refractivity contribution in [1.29, 1.82) is 0 Å². The number of carboxylic acids is 1. The Labute approximate surface area is 175 Å². The molecule has 0 spiro atoms. The van der Waals surface area contributed by atoms with Crippen LogP contribution in [0, 0.1) is 0 Å². The number of nitrogens with one attached hydrogen (secondary N) is 1. The Hall–Kier alpha value is -2.90. The van der Waals surface area contributed by atoms with Gasteiger partial charge in [-0.15, -0.1) is 0 Å². The molecule has 0 amide bonds. The molecule has 1 fully saturated rings. The van der Waals surface area contributed by atoms with Gasteiger partial charge in [-0.2, -0.15) is 0 Å². The topological polar surface area (TPSA) is 81.6 Å². The first kappa shape index (κ1) is 20.4. The van der Waals surface area contributed by atoms with E-state index in [1.54, 1.807) is 0 Å². The summed E-state index contributed by atoms with van der Waals surface area (Å²) in [5.74, 6) is -1.20. The number of likely N-dealkylation sites (N-methyl/N-ethyl adjacent to an activating group) is 1. The van der Waals surface area contributed by atoms with E-state index >= 15 is 0 Å². The van der Waals surface area contributed by atoms with E-state index in [1.165, 1.54) is 11.8 Å². The first-order valence-electron chi connectivity index (χ1n) is 10.4. The number of fused-ring (bicyclic) bond motifs is 1. The second-order valence-corrected chi connectivity index (χ2v) is 8.12. The number of carbonyl (C=O) groups is 1. The Morgan fingerprint density at radius 3 is 2.50 bits per heavy atom. The second kappa shape index (κ2) is 8.08. The molecule has 30 heavy (non-hydrogen) atoms. The van der Waals surface area contributed by atoms with Gasteiger partial charge >= 0.3 is 5.97 Å². The molecule has 1 saturated heterocycles. The molecular formula is C23H28N4O3. The van der Waals surface area contributed by atoms with E-state index in [0.717, 1.165) is 54.8 Å². The van der Waals surface area contributed by atoms with E-state index in [0.29, 0.717) is 12.1 Å². The van der Waals surface area contributed by atoms with Crippen molar-refractivity contribution in [1.82, 2.24) is 19.4 Å². The SMILES string of the molecule is CCc1cc(C(=O)O)c(=O)[nH]c1-c1ccc2c(c1)cc(CN1CCN(C)CC1)n2C. The van der Waals surface area contributed by atoms with Gasteiger partial charge in [0.2, 0.25) is 0 Å². The first-order valence-corrected chi connectivity index (χ1v) is 10.4. The highest BCUT2D eigenvalue weighted by atomic mass is 16.4. The van der Waals surface area contributed by atoms with Gasteiger partial charge in [-0.3, -0.25) is 9.69 Å². The summed E-state index contributed by atoms with van der Waals surface area (Å²) in [7, 11) is 4.25. The number of H-pyrrole nitrogens is 1. The van der Waals surface area contributed by atoms with Crippen molar-refractivity contribution >= 4 is 16.9 Å². The molecule has 158 valence electrons. The van der Waals surface area contributed by atoms with Crippen molar-refractivity contribution < 1.29 is 9.90 Å². The van der Waals surface area contributed by atoms with Crippen LogP contribution in [-0.4, -0.2) is 63.7 Å². The van der Waals surface area contributed by atoms with Crippen molar-refractivity contribution in [3.63, 3.8) is 0 Å². The van der Waals surface area contributed by atoms with Crippen LogP contribution in [0.15, 0.2) is 35.1 Å². The molecule has 3 aromatic rings. The molecule has 0 saturated carbocycles. The molecule has 1 aliphatic rings. The Bertz CT molecular complexity index is 1150. The van der Waals surface area contributed by atoms with Crippen LogP contribution >= 0.6 is 0 Å². The van der Waals surface area contributed by atoms with Crippen molar-refractivity contribution in [2.24, 2.45) is 7.05 Å². The average Bonchev–Trinajstić information content (AvgIpc) is 3.04. The Morgan fingerprint density at radius 1 is 1.10 bits per heavy atom. The van der Waals surface area contributed by atoms with Crippen molar-refractivity contribution in [3.8, 4) is 11.3 Å². The number of hydrogen-bond acceptors (Lipinski definition) is 4. The minimum absolute atomic E-state index is 0.217. The molecule has 4 rings (SSSR count). The number of carboxylic acid groups (broad SMARTS) is 1. The molecule has 0 aliphatic carbocycles. The van der Waals surface area contributed by atoms with Crippen LogP contribution in [-0.2, 0) is 20.0 Å². The zero-order valence-electron chi connectivity index (χ0n) is 17.7. The monoisotopic (exact) mass is 408 g/mol. The third-order valence-corrected chi connectivity index (χ3v) is 6.15. The zero-order valence-corrected chi connectivity index (χ0v) is 17.7. The summed E-state index contributed by atoms with van der Waals surface area (Å²) in [6.07, 6.45) is 0.633. The van der Waals surface area contributed by atoms with Gasteiger partial charge in [-0.05, 0) is 48.9 Å². The van der Waals surface area contributed by atoms with E-state index in [4.69, 9.17) is 0 Å². The van der Waals surface area contributed by atoms with Gasteiger partial charge in [-0.25, -0.2) is 4.79 Å². The molecule has 7 nitrogen and oxygen atoms in total. The Balaban J connectivity index is 1.70. The van der Waals surface area contributed by atoms with Gasteiger partial charge in [-0.1, -0.05) is 13.0 Å². The lowest BCUT2D eigenvalue weighted by atomic mass is 10.0. The highest BCUT2D eigenvalue weighted by molar-refractivity contribution is 5.89. The molecule has 2 aromatic heterocycles. The lowest BCUT2D eigenvalue weighted by Crippen LogP contribution is -2.44. The maximum absolute atomic E-state index is 12.2. The quantitative estimate of drug-likeness (QED) is 0.678. The third kappa shape index (κ3) is 3.78. The van der Waals surface area contributed by atoms with E-state index in [1.807, 2.05) is 13.0 Å². The minimum atomic E-state index is -1.20. The number of aromatic carboxylic acids is 1. The molecule has 0 unspecified atom stereocenters. The smallest absolute Gasteiger partial charge is 0.341 e. The van der Waals surface area contributed by atoms with E-state index in [-0.39, 0.29) is 5.56 Å². The number of benzene rings is 1. The standard InChI is InChI=1S/C23H28N4O3/c1-4-15-13-19(23(29)30)22(28)24-21(15)16-5-6-20-17(11-16)12-18(26(20)3)14-27-9-7-25(2)8-10-27/h5-6,11-13H,4,7-10,14H2,1-3H3,(H,24,28)(H,29,30). The third-order valence-electron chi connectivity index (χ3n) is 6.15. The second-order valence-electron chi connectivity index (χ2n) is 8.12. The molecule has 0 atom stereocenters. The Morgan fingerprint density at radius 2 is 1.83 bits per heavy atom. The van der Waals surface area contributed by atoms with Crippen LogP contribution in [0.2, 0.25) is 0 Å². The largest absolute Gasteiger partial charge is 0.477 e. The molecular weight excluding hydrogens is 380 g/mol. The van der Waals surface area contributed by atoms with Gasteiger partial charge in [0.25, 0.3) is 5.56 Å². The van der Waals surface area contributed by atoms with Crippen molar-refractivity contribution in [2.45, 2.75) is 19.9 Å². The molecule has 0 radical (unpaired) electrons. The highest BCUT2D eigenvalue weighted by Crippen LogP contribution is 2.28. The van der Waals surface area contributed by atoms with Crippen LogP contribution < -0.4 is 5.56 Å². The molecule has 1 aromatic carbocycles. The summed E-state index contributed by atoms with van der Waals surface area (Å²) >= 11 is 0. The lowest BCUT2D eigenvalue weighted by molar-refractivity contribution is 0.0695. The summed E-state index contributed by atoms with van der Waals surface area (Å²) in [4.78, 5) is 31.2. The van der Waals surface area contributed by atoms with Gasteiger partial charge in [0.05, 0.1) is 5.69 Å². The number of aromatic nitrogens is 2. The van der Waals surface area contributed by atoms with Crippen LogP contribution in [0.4, 0.5) is 0 Å². The number of hydrogen-bond donors (Lipinski definition) is 2. The van der Waals surface area contributed by atoms with Gasteiger partial charge in [0.15, 0.2) is 0 Å². The fraction of sp³-hybridized carbons (Fsp3) is 0.391. The summed E-state index contributed by atoms with van der Waals surface area (Å²) in [5.41, 5.74) is 4.02. The number of aryl methyl sites for hydroxylation is 2. The number of pyridine rings is 1. The van der Waals surface area contributed by atoms with Crippen LogP contribution in [0.5, 0.6) is 0 Å². The van der Waals surface area contributed by atoms with Crippen molar-refractivity contribution in [3.05, 3.63) is 57.5 Å². The predicted octanol–water partition coefficient (Wildman–Crippen LogP) is 2.54. The molecule has 7 heteroatoms. The number of piperazine rings is 1. The van der Waals surface area contributed by atoms with Crippen LogP contribution in [0.3, 0.4) is 0 Å². The molecule has 0 bridgehead atoms. The van der Waals surface area contributed by atoms with E-state index in [9.17, 15) is 14.7 Å². The predicted molar refractivity (Wildman–Crippen MR) is 118 cm³/mol. The van der Waals surface area contributed by atoms with Gasteiger partial charge < -0.3 is 19.6 Å². The maximum atomic E-state index is 12.2. The van der Waals surface area contributed by atoms with Gasteiger partial charge in [0, 0.05) is 56.4 Å². The summed E-state index contributed by atoms with van der Waals surface area (Å²) < 4.78 is 2.23. The van der Waals surface area contributed by atoms with Gasteiger partial charge in [0.1, 0.15) is 5.56 Å². The normalized spacial score (nSPS) is 15.7. The maximum Gasteiger partial charge on any atom is 0.341 e. The lowest BCUT2D eigenvalue weighted by Gasteiger charge is -2.32. The summed E-state index contributed by atoms with van der Waals surface area (Å²) in [6, 6.07) is 9.85. The number of nitrogens with zero attached hydrogens (tertiary/aromatic N) is 3. The molecule has 1 aliphatic heterocycles. The minimum Gasteiger partial charge on any atom is -0.477 e. The Kier molecular flexibility index (Phi) is 5.49. The number of aromatic amines is 1. The molecule has 3 heterocycles. The van der Waals surface area contributed by atoms with Crippen LogP contribution in [0.1, 0.15) is 28.5 Å². The number of rotatable bonds is 5. The van der Waals surface area contributed by atoms with Crippen LogP contribution in [0.25, 0.3) is 22.2 Å². The molecule has 2 N–H and O–H groups in total. The zero-order chi connectivity index (χ0) is 21.4. The van der Waals surface area contributed by atoms with Crippen molar-refractivity contribution in [2.75, 3.05) is 33.2 Å². The fourth-order valence-electron chi connectivity index (χ4n) is 4.22. The summed E-state index contributed by atoms with van der Waals surface area (Å²) in [6.45, 7) is 7.19.